The number of benzene rings is 7. The van der Waals surface area contributed by atoms with Crippen molar-refractivity contribution < 1.29 is 8.83 Å². The molecule has 226 valence electrons. The van der Waals surface area contributed by atoms with Crippen LogP contribution in [-0.4, -0.2) is 4.57 Å². The summed E-state index contributed by atoms with van der Waals surface area (Å²) < 4.78 is 14.8. The maximum absolute atomic E-state index is 10.1. The van der Waals surface area contributed by atoms with Crippen LogP contribution < -0.4 is 0 Å². The van der Waals surface area contributed by atoms with E-state index in [4.69, 9.17) is 8.83 Å². The highest BCUT2D eigenvalue weighted by molar-refractivity contribution is 6.17. The highest BCUT2D eigenvalue weighted by Gasteiger charge is 2.19. The largest absolute Gasteiger partial charge is 0.456 e. The summed E-state index contributed by atoms with van der Waals surface area (Å²) in [5, 5.41) is 25.9. The Morgan fingerprint density at radius 3 is 2.00 bits per heavy atom. The first-order valence-corrected chi connectivity index (χ1v) is 16.0. The van der Waals surface area contributed by atoms with E-state index in [1.807, 2.05) is 60.7 Å². The molecule has 10 rings (SSSR count). The average molecular weight is 626 g/mol. The van der Waals surface area contributed by atoms with E-state index in [9.17, 15) is 10.5 Å². The zero-order valence-corrected chi connectivity index (χ0v) is 25.9. The lowest BCUT2D eigenvalue weighted by atomic mass is 9.94. The number of furan rings is 2. The quantitative estimate of drug-likeness (QED) is 0.196. The van der Waals surface area contributed by atoms with Gasteiger partial charge in [-0.2, -0.15) is 10.5 Å². The summed E-state index contributed by atoms with van der Waals surface area (Å²) in [7, 11) is 0. The van der Waals surface area contributed by atoms with Crippen molar-refractivity contribution in [2.45, 2.75) is 0 Å². The monoisotopic (exact) mass is 625 g/mol. The molecule has 3 aromatic heterocycles. The van der Waals surface area contributed by atoms with Crippen LogP contribution >= 0.6 is 0 Å². The Hall–Kier alpha value is -7.08. The second-order valence-corrected chi connectivity index (χ2v) is 12.4. The van der Waals surface area contributed by atoms with Gasteiger partial charge in [0.15, 0.2) is 0 Å². The third-order valence-corrected chi connectivity index (χ3v) is 9.64. The lowest BCUT2D eigenvalue weighted by Crippen LogP contribution is -1.96. The number of hydrogen-bond acceptors (Lipinski definition) is 4. The molecule has 0 bridgehead atoms. The van der Waals surface area contributed by atoms with Gasteiger partial charge in [-0.15, -0.1) is 0 Å². The molecular formula is C44H23N3O2. The van der Waals surface area contributed by atoms with Crippen LogP contribution in [0.15, 0.2) is 148 Å². The molecule has 0 saturated heterocycles. The molecule has 49 heavy (non-hydrogen) atoms. The third-order valence-electron chi connectivity index (χ3n) is 9.64. The number of fused-ring (bicyclic) bond motifs is 9. The smallest absolute Gasteiger partial charge is 0.136 e. The lowest BCUT2D eigenvalue weighted by molar-refractivity contribution is 0.668. The summed E-state index contributed by atoms with van der Waals surface area (Å²) >= 11 is 0. The Balaban J connectivity index is 1.29. The normalized spacial score (nSPS) is 11.6. The van der Waals surface area contributed by atoms with Gasteiger partial charge in [0.05, 0.1) is 34.3 Å². The van der Waals surface area contributed by atoms with Crippen LogP contribution in [0.3, 0.4) is 0 Å². The van der Waals surface area contributed by atoms with Crippen molar-refractivity contribution in [2.24, 2.45) is 0 Å². The summed E-state index contributed by atoms with van der Waals surface area (Å²) in [6.07, 6.45) is 0. The van der Waals surface area contributed by atoms with Gasteiger partial charge >= 0.3 is 0 Å². The van der Waals surface area contributed by atoms with Crippen molar-refractivity contribution in [3.05, 3.63) is 151 Å². The second kappa shape index (κ2) is 10.2. The minimum Gasteiger partial charge on any atom is -0.456 e. The van der Waals surface area contributed by atoms with Gasteiger partial charge < -0.3 is 13.4 Å². The van der Waals surface area contributed by atoms with Crippen molar-refractivity contribution >= 4 is 65.7 Å². The van der Waals surface area contributed by atoms with Crippen LogP contribution in [0.5, 0.6) is 0 Å². The molecule has 5 heteroatoms. The molecular weight excluding hydrogens is 603 g/mol. The minimum absolute atomic E-state index is 0.587. The van der Waals surface area contributed by atoms with Gasteiger partial charge in [0.1, 0.15) is 22.3 Å². The van der Waals surface area contributed by atoms with E-state index in [0.29, 0.717) is 11.1 Å². The van der Waals surface area contributed by atoms with Gasteiger partial charge in [0.2, 0.25) is 0 Å². The topological polar surface area (TPSA) is 78.8 Å². The molecule has 0 aliphatic carbocycles. The number of para-hydroxylation sites is 2. The molecule has 0 radical (unpaired) electrons. The molecule has 10 aromatic rings. The summed E-state index contributed by atoms with van der Waals surface area (Å²) in [6.45, 7) is 0. The molecule has 0 aliphatic heterocycles. The number of hydrogen-bond donors (Lipinski definition) is 0. The molecule has 3 heterocycles. The number of nitrogens with zero attached hydrogens (tertiary/aromatic N) is 3. The zero-order valence-electron chi connectivity index (χ0n) is 25.9. The zero-order chi connectivity index (χ0) is 32.6. The van der Waals surface area contributed by atoms with Gasteiger partial charge in [-0.25, -0.2) is 0 Å². The molecule has 0 fully saturated rings. The van der Waals surface area contributed by atoms with Crippen molar-refractivity contribution in [3.63, 3.8) is 0 Å². The van der Waals surface area contributed by atoms with Crippen molar-refractivity contribution in [1.29, 1.82) is 10.5 Å². The summed E-state index contributed by atoms with van der Waals surface area (Å²) in [4.78, 5) is 0. The second-order valence-electron chi connectivity index (χ2n) is 12.4. The molecule has 0 atom stereocenters. The van der Waals surface area contributed by atoms with Gasteiger partial charge in [0.25, 0.3) is 0 Å². The van der Waals surface area contributed by atoms with Crippen LogP contribution in [0.25, 0.3) is 93.6 Å². The van der Waals surface area contributed by atoms with Crippen LogP contribution in [-0.2, 0) is 0 Å². The molecule has 0 amide bonds. The molecule has 0 saturated carbocycles. The number of rotatable bonds is 3. The Morgan fingerprint density at radius 1 is 0.429 bits per heavy atom. The first-order chi connectivity index (χ1) is 24.2. The Bertz CT molecular complexity index is 3090. The van der Waals surface area contributed by atoms with E-state index in [1.54, 1.807) is 6.07 Å². The van der Waals surface area contributed by atoms with E-state index in [0.717, 1.165) is 93.6 Å². The van der Waals surface area contributed by atoms with Gasteiger partial charge in [0, 0.05) is 38.0 Å². The Labute approximate surface area is 279 Å². The molecule has 5 nitrogen and oxygen atoms in total. The third kappa shape index (κ3) is 4.04. The Kier molecular flexibility index (Phi) is 5.64. The highest BCUT2D eigenvalue weighted by atomic mass is 16.3. The van der Waals surface area contributed by atoms with Crippen LogP contribution in [0.2, 0.25) is 0 Å². The predicted octanol–water partition coefficient (Wildman–Crippen LogP) is 11.7. The fourth-order valence-corrected chi connectivity index (χ4v) is 7.39. The summed E-state index contributed by atoms with van der Waals surface area (Å²) in [5.41, 5.74) is 11.3. The van der Waals surface area contributed by atoms with Crippen LogP contribution in [0, 0.1) is 22.7 Å². The number of nitriles is 2. The fraction of sp³-hybridized carbons (Fsp3) is 0. The SMILES string of the molecule is N#Cc1ccc2oc3ccc(-c4cc(-c5ccccc5C#N)cc(-n5c6ccccc6c6cc7oc8ccccc8c7cc65)c4)cc3c2c1. The maximum Gasteiger partial charge on any atom is 0.136 e. The molecule has 0 N–H and O–H groups in total. The van der Waals surface area contributed by atoms with E-state index in [-0.39, 0.29) is 0 Å². The maximum atomic E-state index is 10.1. The summed E-state index contributed by atoms with van der Waals surface area (Å²) in [6, 6.07) is 51.6. The summed E-state index contributed by atoms with van der Waals surface area (Å²) in [5.74, 6) is 0. The van der Waals surface area contributed by atoms with Crippen LogP contribution in [0.4, 0.5) is 0 Å². The molecule has 0 unspecified atom stereocenters. The minimum atomic E-state index is 0.587. The van der Waals surface area contributed by atoms with Crippen molar-refractivity contribution in [1.82, 2.24) is 4.57 Å². The fourth-order valence-electron chi connectivity index (χ4n) is 7.39. The first-order valence-electron chi connectivity index (χ1n) is 16.0. The van der Waals surface area contributed by atoms with E-state index < -0.39 is 0 Å². The Morgan fingerprint density at radius 2 is 1.12 bits per heavy atom. The van der Waals surface area contributed by atoms with Gasteiger partial charge in [-0.1, -0.05) is 60.7 Å². The number of aromatic nitrogens is 1. The highest BCUT2D eigenvalue weighted by Crippen LogP contribution is 2.41. The van der Waals surface area contributed by atoms with E-state index in [1.165, 1.54) is 0 Å². The molecule has 0 spiro atoms. The molecule has 0 aliphatic rings. The average Bonchev–Trinajstić information content (AvgIpc) is 3.82. The lowest BCUT2D eigenvalue weighted by Gasteiger charge is -2.15. The van der Waals surface area contributed by atoms with E-state index in [2.05, 4.69) is 89.5 Å². The van der Waals surface area contributed by atoms with Crippen LogP contribution in [0.1, 0.15) is 11.1 Å². The van der Waals surface area contributed by atoms with Gasteiger partial charge in [-0.05, 0) is 101 Å². The van der Waals surface area contributed by atoms with Crippen molar-refractivity contribution in [2.75, 3.05) is 0 Å². The first kappa shape index (κ1) is 27.1. The van der Waals surface area contributed by atoms with Crippen molar-refractivity contribution in [3.8, 4) is 40.1 Å². The standard InChI is InChI=1S/C44H23N3O2/c45-24-26-13-15-42-36(17-26)37-21-27(14-16-43(37)48-42)29-18-30(32-8-2-1-7-28(32)25-46)20-31(19-29)47-39-11-5-3-9-33(39)35-23-44-38(22-40(35)47)34-10-4-6-12-41(34)49-44/h1-23H. The van der Waals surface area contributed by atoms with E-state index >= 15 is 0 Å². The predicted molar refractivity (Wildman–Crippen MR) is 196 cm³/mol. The van der Waals surface area contributed by atoms with Gasteiger partial charge in [-0.3, -0.25) is 0 Å². The molecule has 7 aromatic carbocycles.